The molecule has 2 unspecified atom stereocenters. The number of morpholine rings is 1. The first-order valence-electron chi connectivity index (χ1n) is 7.76. The summed E-state index contributed by atoms with van der Waals surface area (Å²) in [5, 5.41) is 3.61. The van der Waals surface area contributed by atoms with Gasteiger partial charge in [-0.25, -0.2) is 0 Å². The van der Waals surface area contributed by atoms with Gasteiger partial charge in [0, 0.05) is 38.3 Å². The van der Waals surface area contributed by atoms with Gasteiger partial charge in [-0.1, -0.05) is 13.8 Å². The zero-order valence-electron chi connectivity index (χ0n) is 13.2. The van der Waals surface area contributed by atoms with Gasteiger partial charge in [-0.3, -0.25) is 4.90 Å². The van der Waals surface area contributed by atoms with Crippen LogP contribution in [0, 0.1) is 5.92 Å². The Hall–Kier alpha value is -0.160. The number of hydrogen-bond acceptors (Lipinski definition) is 4. The monoisotopic (exact) mass is 272 g/mol. The first-order chi connectivity index (χ1) is 9.13. The molecule has 0 saturated carbocycles. The van der Waals surface area contributed by atoms with E-state index in [1.54, 1.807) is 0 Å². The van der Waals surface area contributed by atoms with Gasteiger partial charge in [-0.05, 0) is 26.2 Å². The SMILES string of the molecule is CCOCC(C)NCC(CC(C)C)N1CCOCC1. The number of nitrogens with one attached hydrogen (secondary N) is 1. The van der Waals surface area contributed by atoms with Crippen molar-refractivity contribution >= 4 is 0 Å². The van der Waals surface area contributed by atoms with E-state index in [1.165, 1.54) is 6.42 Å². The Bertz CT molecular complexity index is 218. The maximum Gasteiger partial charge on any atom is 0.0616 e. The van der Waals surface area contributed by atoms with Gasteiger partial charge < -0.3 is 14.8 Å². The molecule has 0 spiro atoms. The summed E-state index contributed by atoms with van der Waals surface area (Å²) < 4.78 is 10.9. The summed E-state index contributed by atoms with van der Waals surface area (Å²) in [5.74, 6) is 0.733. The van der Waals surface area contributed by atoms with E-state index >= 15 is 0 Å². The van der Waals surface area contributed by atoms with Crippen LogP contribution in [0.4, 0.5) is 0 Å². The first kappa shape index (κ1) is 16.9. The lowest BCUT2D eigenvalue weighted by atomic mass is 10.0. The van der Waals surface area contributed by atoms with Crippen molar-refractivity contribution in [3.63, 3.8) is 0 Å². The minimum absolute atomic E-state index is 0.427. The summed E-state index contributed by atoms with van der Waals surface area (Å²) in [6, 6.07) is 1.05. The topological polar surface area (TPSA) is 33.7 Å². The van der Waals surface area contributed by atoms with Crippen LogP contribution in [-0.2, 0) is 9.47 Å². The molecule has 1 rings (SSSR count). The second kappa shape index (κ2) is 9.70. The van der Waals surface area contributed by atoms with E-state index in [-0.39, 0.29) is 0 Å². The molecule has 0 amide bonds. The van der Waals surface area contributed by atoms with E-state index in [0.717, 1.165) is 52.0 Å². The molecule has 4 heteroatoms. The summed E-state index contributed by atoms with van der Waals surface area (Å²) in [5.41, 5.74) is 0. The fraction of sp³-hybridized carbons (Fsp3) is 1.00. The quantitative estimate of drug-likeness (QED) is 0.693. The second-order valence-corrected chi connectivity index (χ2v) is 5.90. The number of rotatable bonds is 9. The van der Waals surface area contributed by atoms with Crippen LogP contribution in [0.2, 0.25) is 0 Å². The third-order valence-corrected chi connectivity index (χ3v) is 3.58. The minimum atomic E-state index is 0.427. The zero-order chi connectivity index (χ0) is 14.1. The Morgan fingerprint density at radius 1 is 1.21 bits per heavy atom. The van der Waals surface area contributed by atoms with Crippen molar-refractivity contribution in [2.45, 2.75) is 46.2 Å². The predicted molar refractivity (Wildman–Crippen MR) is 79.6 cm³/mol. The maximum atomic E-state index is 5.46. The summed E-state index contributed by atoms with van der Waals surface area (Å²) >= 11 is 0. The van der Waals surface area contributed by atoms with Crippen LogP contribution in [0.5, 0.6) is 0 Å². The highest BCUT2D eigenvalue weighted by atomic mass is 16.5. The van der Waals surface area contributed by atoms with Gasteiger partial charge in [0.1, 0.15) is 0 Å². The normalized spacial score (nSPS) is 20.7. The molecule has 1 N–H and O–H groups in total. The Balaban J connectivity index is 2.35. The van der Waals surface area contributed by atoms with Gasteiger partial charge in [0.05, 0.1) is 19.8 Å². The third-order valence-electron chi connectivity index (χ3n) is 3.58. The van der Waals surface area contributed by atoms with E-state index in [0.29, 0.717) is 12.1 Å². The predicted octanol–water partition coefficient (Wildman–Crippen LogP) is 1.75. The minimum Gasteiger partial charge on any atom is -0.380 e. The van der Waals surface area contributed by atoms with Crippen molar-refractivity contribution in [3.05, 3.63) is 0 Å². The number of hydrogen-bond donors (Lipinski definition) is 1. The summed E-state index contributed by atoms with van der Waals surface area (Å²) in [6.07, 6.45) is 1.24. The van der Waals surface area contributed by atoms with E-state index in [4.69, 9.17) is 9.47 Å². The Morgan fingerprint density at radius 3 is 2.47 bits per heavy atom. The molecule has 2 atom stereocenters. The standard InChI is InChI=1S/C15H32N2O2/c1-5-18-12-14(4)16-11-15(10-13(2)3)17-6-8-19-9-7-17/h13-16H,5-12H2,1-4H3. The summed E-state index contributed by atoms with van der Waals surface area (Å²) in [4.78, 5) is 2.57. The van der Waals surface area contributed by atoms with Crippen LogP contribution in [0.3, 0.4) is 0 Å². The molecule has 1 saturated heterocycles. The number of ether oxygens (including phenoxy) is 2. The highest BCUT2D eigenvalue weighted by molar-refractivity contribution is 4.78. The fourth-order valence-corrected chi connectivity index (χ4v) is 2.54. The second-order valence-electron chi connectivity index (χ2n) is 5.90. The molecular weight excluding hydrogens is 240 g/mol. The van der Waals surface area contributed by atoms with Gasteiger partial charge in [-0.15, -0.1) is 0 Å². The lowest BCUT2D eigenvalue weighted by Gasteiger charge is -2.36. The molecule has 1 heterocycles. The highest BCUT2D eigenvalue weighted by Gasteiger charge is 2.22. The highest BCUT2D eigenvalue weighted by Crippen LogP contribution is 2.13. The van der Waals surface area contributed by atoms with Crippen molar-refractivity contribution in [2.24, 2.45) is 5.92 Å². The lowest BCUT2D eigenvalue weighted by molar-refractivity contribution is 0.0111. The summed E-state index contributed by atoms with van der Waals surface area (Å²) in [7, 11) is 0. The Kier molecular flexibility index (Phi) is 8.62. The summed E-state index contributed by atoms with van der Waals surface area (Å²) in [6.45, 7) is 15.4. The van der Waals surface area contributed by atoms with Crippen LogP contribution < -0.4 is 5.32 Å². The van der Waals surface area contributed by atoms with E-state index in [9.17, 15) is 0 Å². The molecule has 0 aromatic carbocycles. The fourth-order valence-electron chi connectivity index (χ4n) is 2.54. The average Bonchev–Trinajstić information content (AvgIpc) is 2.41. The molecule has 0 aliphatic carbocycles. The third kappa shape index (κ3) is 7.25. The van der Waals surface area contributed by atoms with Crippen LogP contribution in [0.15, 0.2) is 0 Å². The first-order valence-corrected chi connectivity index (χ1v) is 7.76. The Labute approximate surface area is 118 Å². The largest absolute Gasteiger partial charge is 0.380 e. The van der Waals surface area contributed by atoms with Crippen molar-refractivity contribution in [2.75, 3.05) is 46.1 Å². The molecule has 1 fully saturated rings. The molecule has 19 heavy (non-hydrogen) atoms. The van der Waals surface area contributed by atoms with Crippen LogP contribution >= 0.6 is 0 Å². The van der Waals surface area contributed by atoms with Crippen LogP contribution in [0.25, 0.3) is 0 Å². The van der Waals surface area contributed by atoms with Gasteiger partial charge in [0.15, 0.2) is 0 Å². The molecular formula is C15H32N2O2. The van der Waals surface area contributed by atoms with Gasteiger partial charge >= 0.3 is 0 Å². The van der Waals surface area contributed by atoms with Crippen LogP contribution in [0.1, 0.15) is 34.1 Å². The van der Waals surface area contributed by atoms with Crippen LogP contribution in [-0.4, -0.2) is 63.0 Å². The van der Waals surface area contributed by atoms with Crippen molar-refractivity contribution in [1.82, 2.24) is 10.2 Å². The van der Waals surface area contributed by atoms with Gasteiger partial charge in [0.25, 0.3) is 0 Å². The molecule has 114 valence electrons. The van der Waals surface area contributed by atoms with Crippen molar-refractivity contribution in [3.8, 4) is 0 Å². The molecule has 4 nitrogen and oxygen atoms in total. The molecule has 0 aromatic heterocycles. The molecule has 0 aromatic rings. The average molecular weight is 272 g/mol. The van der Waals surface area contributed by atoms with Gasteiger partial charge in [0.2, 0.25) is 0 Å². The Morgan fingerprint density at radius 2 is 1.89 bits per heavy atom. The van der Waals surface area contributed by atoms with E-state index in [2.05, 4.69) is 31.0 Å². The molecule has 1 aliphatic rings. The maximum absolute atomic E-state index is 5.46. The molecule has 0 radical (unpaired) electrons. The number of nitrogens with zero attached hydrogens (tertiary/aromatic N) is 1. The zero-order valence-corrected chi connectivity index (χ0v) is 13.2. The molecule has 0 bridgehead atoms. The van der Waals surface area contributed by atoms with Gasteiger partial charge in [-0.2, -0.15) is 0 Å². The molecule has 1 aliphatic heterocycles. The van der Waals surface area contributed by atoms with E-state index in [1.807, 2.05) is 6.92 Å². The van der Waals surface area contributed by atoms with Crippen molar-refractivity contribution < 1.29 is 9.47 Å². The van der Waals surface area contributed by atoms with E-state index < -0.39 is 0 Å². The lowest BCUT2D eigenvalue weighted by Crippen LogP contribution is -2.50. The van der Waals surface area contributed by atoms with Crippen molar-refractivity contribution in [1.29, 1.82) is 0 Å². The smallest absolute Gasteiger partial charge is 0.0616 e.